The van der Waals surface area contributed by atoms with E-state index in [1.54, 1.807) is 30.3 Å². The summed E-state index contributed by atoms with van der Waals surface area (Å²) in [5.41, 5.74) is 0.701. The summed E-state index contributed by atoms with van der Waals surface area (Å²) in [5, 5.41) is 0. The molecule has 0 bridgehead atoms. The monoisotopic (exact) mass is 401 g/mol. The number of hydrogen-bond donors (Lipinski definition) is 1. The molecule has 7 heteroatoms. The highest BCUT2D eigenvalue weighted by Crippen LogP contribution is 2.38. The second-order valence-corrected chi connectivity index (χ2v) is 8.54. The molecule has 2 aromatic rings. The lowest BCUT2D eigenvalue weighted by atomic mass is 10.0. The molecule has 0 unspecified atom stereocenters. The predicted molar refractivity (Wildman–Crippen MR) is 88.9 cm³/mol. The van der Waals surface area contributed by atoms with E-state index in [4.69, 9.17) is 0 Å². The van der Waals surface area contributed by atoms with Crippen molar-refractivity contribution in [1.82, 2.24) is 4.72 Å². The molecular formula is C15H13BrFNO2S2. The Morgan fingerprint density at radius 2 is 1.95 bits per heavy atom. The highest BCUT2D eigenvalue weighted by Gasteiger charge is 2.28. The van der Waals surface area contributed by atoms with Crippen LogP contribution >= 0.6 is 27.7 Å². The minimum Gasteiger partial charge on any atom is -0.207 e. The molecule has 0 saturated heterocycles. The van der Waals surface area contributed by atoms with E-state index < -0.39 is 16.1 Å². The van der Waals surface area contributed by atoms with E-state index >= 15 is 0 Å². The van der Waals surface area contributed by atoms with Crippen LogP contribution in [0.15, 0.2) is 56.7 Å². The smallest absolute Gasteiger partial charge is 0.207 e. The quantitative estimate of drug-likeness (QED) is 0.841. The van der Waals surface area contributed by atoms with Crippen molar-refractivity contribution < 1.29 is 12.8 Å². The Morgan fingerprint density at radius 1 is 1.18 bits per heavy atom. The summed E-state index contributed by atoms with van der Waals surface area (Å²) in [6.07, 6.45) is 0.630. The van der Waals surface area contributed by atoms with Crippen molar-refractivity contribution in [3.8, 4) is 0 Å². The van der Waals surface area contributed by atoms with Gasteiger partial charge in [-0.05, 0) is 51.9 Å². The van der Waals surface area contributed by atoms with Crippen LogP contribution in [0.2, 0.25) is 0 Å². The normalized spacial score (nSPS) is 18.0. The fourth-order valence-corrected chi connectivity index (χ4v) is 5.82. The molecular weight excluding hydrogens is 389 g/mol. The molecule has 0 aromatic heterocycles. The summed E-state index contributed by atoms with van der Waals surface area (Å²) in [7, 11) is -3.67. The minimum absolute atomic E-state index is 0.186. The standard InChI is InChI=1S/C15H13BrFNO2S2/c16-11-5-1-2-7-14(11)22(19,20)18-13-8-9-21-15-10(13)4-3-6-12(15)17/h1-7,13,18H,8-9H2/t13-/m1/s1. The van der Waals surface area contributed by atoms with Gasteiger partial charge in [0.05, 0.1) is 4.90 Å². The van der Waals surface area contributed by atoms with Crippen LogP contribution in [-0.4, -0.2) is 14.2 Å². The lowest BCUT2D eigenvalue weighted by Crippen LogP contribution is -2.31. The van der Waals surface area contributed by atoms with Gasteiger partial charge in [-0.2, -0.15) is 0 Å². The molecule has 1 aliphatic rings. The van der Waals surface area contributed by atoms with Crippen LogP contribution in [-0.2, 0) is 10.0 Å². The summed E-state index contributed by atoms with van der Waals surface area (Å²) >= 11 is 4.68. The number of nitrogens with one attached hydrogen (secondary N) is 1. The first-order chi connectivity index (χ1) is 10.5. The van der Waals surface area contributed by atoms with Gasteiger partial charge in [0.2, 0.25) is 10.0 Å². The van der Waals surface area contributed by atoms with Crippen LogP contribution in [0.3, 0.4) is 0 Å². The van der Waals surface area contributed by atoms with Crippen molar-refractivity contribution in [3.05, 3.63) is 58.3 Å². The van der Waals surface area contributed by atoms with Gasteiger partial charge in [0.15, 0.2) is 0 Å². The molecule has 3 rings (SSSR count). The van der Waals surface area contributed by atoms with Crippen LogP contribution in [0, 0.1) is 5.82 Å². The Kier molecular flexibility index (Phi) is 4.59. The topological polar surface area (TPSA) is 46.2 Å². The van der Waals surface area contributed by atoms with Crippen LogP contribution in [0.1, 0.15) is 18.0 Å². The Balaban J connectivity index is 1.95. The van der Waals surface area contributed by atoms with E-state index in [2.05, 4.69) is 20.7 Å². The minimum atomic E-state index is -3.67. The third kappa shape index (κ3) is 3.08. The summed E-state index contributed by atoms with van der Waals surface area (Å²) in [4.78, 5) is 0.722. The third-order valence-corrected chi connectivity index (χ3v) is 7.09. The summed E-state index contributed by atoms with van der Waals surface area (Å²) in [6, 6.07) is 11.0. The maximum Gasteiger partial charge on any atom is 0.242 e. The fraction of sp³-hybridized carbons (Fsp3) is 0.200. The molecule has 0 fully saturated rings. The first-order valence-corrected chi connectivity index (χ1v) is 9.93. The predicted octanol–water partition coefficient (Wildman–Crippen LogP) is 4.10. The van der Waals surface area contributed by atoms with Gasteiger partial charge in [0, 0.05) is 15.4 Å². The van der Waals surface area contributed by atoms with Gasteiger partial charge in [-0.1, -0.05) is 24.3 Å². The number of rotatable bonds is 3. The molecule has 0 amide bonds. The van der Waals surface area contributed by atoms with Crippen molar-refractivity contribution in [2.24, 2.45) is 0 Å². The molecule has 1 aliphatic heterocycles. The fourth-order valence-electron chi connectivity index (χ4n) is 2.42. The van der Waals surface area contributed by atoms with Crippen molar-refractivity contribution in [1.29, 1.82) is 0 Å². The van der Waals surface area contributed by atoms with Crippen molar-refractivity contribution in [2.45, 2.75) is 22.3 Å². The largest absolute Gasteiger partial charge is 0.242 e. The number of fused-ring (bicyclic) bond motifs is 1. The van der Waals surface area contributed by atoms with Crippen LogP contribution in [0.25, 0.3) is 0 Å². The lowest BCUT2D eigenvalue weighted by Gasteiger charge is -2.26. The summed E-state index contributed by atoms with van der Waals surface area (Å²) in [6.45, 7) is 0. The summed E-state index contributed by atoms with van der Waals surface area (Å²) < 4.78 is 42.2. The maximum absolute atomic E-state index is 13.9. The average Bonchev–Trinajstić information content (AvgIpc) is 2.48. The second kappa shape index (κ2) is 6.31. The van der Waals surface area contributed by atoms with Gasteiger partial charge in [0.25, 0.3) is 0 Å². The molecule has 0 radical (unpaired) electrons. The van der Waals surface area contributed by atoms with Gasteiger partial charge in [0.1, 0.15) is 5.82 Å². The average molecular weight is 402 g/mol. The van der Waals surface area contributed by atoms with Gasteiger partial charge in [-0.25, -0.2) is 17.5 Å². The highest BCUT2D eigenvalue weighted by atomic mass is 79.9. The number of halogens is 2. The number of hydrogen-bond acceptors (Lipinski definition) is 3. The number of thioether (sulfide) groups is 1. The van der Waals surface area contributed by atoms with E-state index in [0.29, 0.717) is 27.1 Å². The van der Waals surface area contributed by atoms with E-state index in [-0.39, 0.29) is 10.7 Å². The van der Waals surface area contributed by atoms with Crippen molar-refractivity contribution >= 4 is 37.7 Å². The van der Waals surface area contributed by atoms with E-state index in [0.717, 1.165) is 0 Å². The van der Waals surface area contributed by atoms with E-state index in [9.17, 15) is 12.8 Å². The molecule has 2 aromatic carbocycles. The molecule has 22 heavy (non-hydrogen) atoms. The lowest BCUT2D eigenvalue weighted by molar-refractivity contribution is 0.533. The molecule has 116 valence electrons. The Bertz CT molecular complexity index is 811. The number of sulfonamides is 1. The molecule has 3 nitrogen and oxygen atoms in total. The molecule has 1 atom stereocenters. The van der Waals surface area contributed by atoms with E-state index in [1.165, 1.54) is 23.9 Å². The Morgan fingerprint density at radius 3 is 2.73 bits per heavy atom. The molecule has 0 saturated carbocycles. The first-order valence-electron chi connectivity index (χ1n) is 6.67. The SMILES string of the molecule is O=S(=O)(N[C@@H]1CCSc2c(F)cccc21)c1ccccc1Br. The van der Waals surface area contributed by atoms with Gasteiger partial charge in [-0.15, -0.1) is 11.8 Å². The number of benzene rings is 2. The van der Waals surface area contributed by atoms with E-state index in [1.807, 2.05) is 0 Å². The van der Waals surface area contributed by atoms with Crippen LogP contribution < -0.4 is 4.72 Å². The molecule has 1 N–H and O–H groups in total. The van der Waals surface area contributed by atoms with Gasteiger partial charge in [-0.3, -0.25) is 0 Å². The molecule has 0 aliphatic carbocycles. The zero-order valence-electron chi connectivity index (χ0n) is 11.4. The van der Waals surface area contributed by atoms with Crippen molar-refractivity contribution in [3.63, 3.8) is 0 Å². The molecule has 0 spiro atoms. The second-order valence-electron chi connectivity index (χ2n) is 4.90. The zero-order chi connectivity index (χ0) is 15.7. The van der Waals surface area contributed by atoms with Crippen molar-refractivity contribution in [2.75, 3.05) is 5.75 Å². The van der Waals surface area contributed by atoms with Gasteiger partial charge < -0.3 is 0 Å². The van der Waals surface area contributed by atoms with Crippen LogP contribution in [0.5, 0.6) is 0 Å². The van der Waals surface area contributed by atoms with Crippen LogP contribution in [0.4, 0.5) is 4.39 Å². The third-order valence-electron chi connectivity index (χ3n) is 3.45. The molecule has 1 heterocycles. The Hall–Kier alpha value is -0.890. The Labute approximate surface area is 141 Å². The first kappa shape index (κ1) is 16.0. The highest BCUT2D eigenvalue weighted by molar-refractivity contribution is 9.10. The zero-order valence-corrected chi connectivity index (χ0v) is 14.6. The summed E-state index contributed by atoms with van der Waals surface area (Å²) in [5.74, 6) is 0.379. The van der Waals surface area contributed by atoms with Gasteiger partial charge >= 0.3 is 0 Å². The maximum atomic E-state index is 13.9.